The quantitative estimate of drug-likeness (QED) is 0.395. The van der Waals surface area contributed by atoms with Gasteiger partial charge >= 0.3 is 0 Å². The van der Waals surface area contributed by atoms with Crippen molar-refractivity contribution < 1.29 is 13.3 Å². The molecule has 162 valence electrons. The molecular formula is C22H30N4O3S. The van der Waals surface area contributed by atoms with Crippen LogP contribution in [0.25, 0.3) is 0 Å². The van der Waals surface area contributed by atoms with Crippen LogP contribution in [0.5, 0.6) is 0 Å². The Morgan fingerprint density at radius 1 is 1.07 bits per heavy atom. The predicted molar refractivity (Wildman–Crippen MR) is 118 cm³/mol. The van der Waals surface area contributed by atoms with Crippen LogP contribution in [0.1, 0.15) is 36.0 Å². The van der Waals surface area contributed by atoms with Crippen molar-refractivity contribution in [1.29, 1.82) is 0 Å². The highest BCUT2D eigenvalue weighted by Gasteiger charge is 2.17. The van der Waals surface area contributed by atoms with E-state index >= 15 is 0 Å². The second-order valence-corrected chi connectivity index (χ2v) is 9.87. The first kappa shape index (κ1) is 22.3. The van der Waals surface area contributed by atoms with Gasteiger partial charge in [-0.25, -0.2) is 12.7 Å². The smallest absolute Gasteiger partial charge is 0.242 e. The van der Waals surface area contributed by atoms with Crippen molar-refractivity contribution in [3.05, 3.63) is 65.2 Å². The molecule has 1 saturated heterocycles. The summed E-state index contributed by atoms with van der Waals surface area (Å²) < 4.78 is 25.7. The number of nitrogens with two attached hydrogens (primary N) is 1. The third-order valence-corrected chi connectivity index (χ3v) is 6.96. The Morgan fingerprint density at radius 3 is 2.50 bits per heavy atom. The van der Waals surface area contributed by atoms with Crippen LogP contribution in [0, 0.1) is 0 Å². The largest absolute Gasteiger partial charge is 0.389 e. The fourth-order valence-corrected chi connectivity index (χ4v) is 4.41. The third-order valence-electron chi connectivity index (χ3n) is 5.15. The monoisotopic (exact) mass is 430 g/mol. The van der Waals surface area contributed by atoms with E-state index in [9.17, 15) is 8.42 Å². The van der Waals surface area contributed by atoms with E-state index in [1.807, 2.05) is 18.2 Å². The Hall–Kier alpha value is -2.42. The van der Waals surface area contributed by atoms with E-state index in [1.54, 1.807) is 24.3 Å². The molecule has 2 aromatic carbocycles. The molecule has 0 saturated carbocycles. The van der Waals surface area contributed by atoms with Gasteiger partial charge in [0, 0.05) is 26.2 Å². The van der Waals surface area contributed by atoms with Gasteiger partial charge in [-0.15, -0.1) is 0 Å². The molecule has 0 atom stereocenters. The van der Waals surface area contributed by atoms with Crippen LogP contribution in [-0.4, -0.2) is 50.6 Å². The average Bonchev–Trinajstić information content (AvgIpc) is 2.74. The van der Waals surface area contributed by atoms with Crippen LogP contribution in [-0.2, 0) is 28.0 Å². The molecule has 0 aromatic heterocycles. The summed E-state index contributed by atoms with van der Waals surface area (Å²) in [7, 11) is -0.482. The Balaban J connectivity index is 1.62. The minimum atomic E-state index is -3.49. The highest BCUT2D eigenvalue weighted by Crippen LogP contribution is 2.16. The summed E-state index contributed by atoms with van der Waals surface area (Å²) in [6.07, 6.45) is 3.83. The number of nitrogens with zero attached hydrogens (tertiary/aromatic N) is 3. The van der Waals surface area contributed by atoms with Gasteiger partial charge in [-0.3, -0.25) is 4.90 Å². The lowest BCUT2D eigenvalue weighted by Crippen LogP contribution is -2.29. The summed E-state index contributed by atoms with van der Waals surface area (Å²) in [5.74, 6) is 0.299. The first-order valence-corrected chi connectivity index (χ1v) is 11.6. The first-order valence-electron chi connectivity index (χ1n) is 10.1. The topological polar surface area (TPSA) is 88.2 Å². The lowest BCUT2D eigenvalue weighted by Gasteiger charge is -2.26. The maximum absolute atomic E-state index is 12.3. The lowest BCUT2D eigenvalue weighted by molar-refractivity contribution is 0.130. The average molecular weight is 431 g/mol. The third kappa shape index (κ3) is 5.81. The molecule has 30 heavy (non-hydrogen) atoms. The van der Waals surface area contributed by atoms with Gasteiger partial charge in [0.2, 0.25) is 10.0 Å². The molecule has 0 spiro atoms. The molecule has 1 heterocycles. The zero-order valence-electron chi connectivity index (χ0n) is 17.6. The molecule has 8 heteroatoms. The van der Waals surface area contributed by atoms with E-state index < -0.39 is 10.0 Å². The molecule has 2 aromatic rings. The van der Waals surface area contributed by atoms with Gasteiger partial charge in [-0.1, -0.05) is 41.9 Å². The minimum absolute atomic E-state index is 0.130. The van der Waals surface area contributed by atoms with E-state index in [0.717, 1.165) is 25.2 Å². The van der Waals surface area contributed by atoms with E-state index in [1.165, 1.54) is 43.2 Å². The zero-order valence-corrected chi connectivity index (χ0v) is 18.4. The number of oxime groups is 1. The molecule has 3 rings (SSSR count). The van der Waals surface area contributed by atoms with Gasteiger partial charge < -0.3 is 10.6 Å². The van der Waals surface area contributed by atoms with Crippen molar-refractivity contribution in [2.24, 2.45) is 10.9 Å². The Kier molecular flexibility index (Phi) is 7.47. The van der Waals surface area contributed by atoms with Gasteiger partial charge in [0.05, 0.1) is 4.90 Å². The molecule has 0 unspecified atom stereocenters. The van der Waals surface area contributed by atoms with Crippen molar-refractivity contribution in [1.82, 2.24) is 9.21 Å². The number of sulfonamides is 1. The number of benzene rings is 2. The molecule has 0 radical (unpaired) electrons. The Labute approximate surface area is 179 Å². The van der Waals surface area contributed by atoms with Crippen LogP contribution >= 0.6 is 0 Å². The normalized spacial score (nSPS) is 16.0. The molecule has 1 aliphatic rings. The number of hydrogen-bond donors (Lipinski definition) is 1. The molecule has 0 bridgehead atoms. The van der Waals surface area contributed by atoms with Crippen molar-refractivity contribution in [3.8, 4) is 0 Å². The highest BCUT2D eigenvalue weighted by molar-refractivity contribution is 7.89. The van der Waals surface area contributed by atoms with Gasteiger partial charge in [-0.05, 0) is 55.3 Å². The van der Waals surface area contributed by atoms with Gasteiger partial charge in [-0.2, -0.15) is 0 Å². The molecule has 0 aliphatic carbocycles. The number of hydrogen-bond acceptors (Lipinski definition) is 5. The van der Waals surface area contributed by atoms with Gasteiger partial charge in [0.1, 0.15) is 6.61 Å². The maximum Gasteiger partial charge on any atom is 0.242 e. The second-order valence-electron chi connectivity index (χ2n) is 7.72. The summed E-state index contributed by atoms with van der Waals surface area (Å²) in [5, 5.41) is 4.03. The van der Waals surface area contributed by atoms with Crippen molar-refractivity contribution in [2.45, 2.75) is 37.3 Å². The maximum atomic E-state index is 12.3. The van der Waals surface area contributed by atoms with E-state index in [0.29, 0.717) is 11.4 Å². The van der Waals surface area contributed by atoms with Crippen LogP contribution in [0.2, 0.25) is 0 Å². The molecular weight excluding hydrogens is 400 g/mol. The second kappa shape index (κ2) is 10.1. The van der Waals surface area contributed by atoms with Crippen LogP contribution in [0.15, 0.2) is 58.6 Å². The zero-order chi connectivity index (χ0) is 21.6. The summed E-state index contributed by atoms with van der Waals surface area (Å²) >= 11 is 0. The summed E-state index contributed by atoms with van der Waals surface area (Å²) in [6.45, 7) is 3.32. The Bertz CT molecular complexity index is 983. The fourth-order valence-electron chi connectivity index (χ4n) is 3.44. The molecule has 1 fully saturated rings. The summed E-state index contributed by atoms with van der Waals surface area (Å²) in [6, 6.07) is 14.7. The number of rotatable bonds is 8. The van der Waals surface area contributed by atoms with Crippen LogP contribution < -0.4 is 5.73 Å². The standard InChI is InChI=1S/C22H30N4O3S/c1-25(2)30(27,28)21-11-7-9-19(15-21)17-29-24-22(23)20-10-6-8-18(14-20)16-26-12-4-3-5-13-26/h6-11,14-15H,3-5,12-13,16-17H2,1-2H3,(H2,23,24). The predicted octanol–water partition coefficient (Wildman–Crippen LogP) is 2.76. The number of likely N-dealkylation sites (tertiary alicyclic amines) is 1. The van der Waals surface area contributed by atoms with Crippen molar-refractivity contribution in [3.63, 3.8) is 0 Å². The van der Waals surface area contributed by atoms with Crippen molar-refractivity contribution in [2.75, 3.05) is 27.2 Å². The van der Waals surface area contributed by atoms with Gasteiger partial charge in [0.15, 0.2) is 5.84 Å². The van der Waals surface area contributed by atoms with Crippen LogP contribution in [0.4, 0.5) is 0 Å². The fraction of sp³-hybridized carbons (Fsp3) is 0.409. The van der Waals surface area contributed by atoms with Crippen LogP contribution in [0.3, 0.4) is 0 Å². The van der Waals surface area contributed by atoms with Gasteiger partial charge in [0.25, 0.3) is 0 Å². The number of piperidine rings is 1. The number of amidine groups is 1. The molecule has 1 aliphatic heterocycles. The van der Waals surface area contributed by atoms with Crippen molar-refractivity contribution >= 4 is 15.9 Å². The molecule has 0 amide bonds. The van der Waals surface area contributed by atoms with E-state index in [4.69, 9.17) is 10.6 Å². The first-order chi connectivity index (χ1) is 14.4. The molecule has 2 N–H and O–H groups in total. The SMILES string of the molecule is CN(C)S(=O)(=O)c1cccc(CO/N=C(/N)c2cccc(CN3CCCCC3)c2)c1. The minimum Gasteiger partial charge on any atom is -0.389 e. The lowest BCUT2D eigenvalue weighted by atomic mass is 10.1. The molecule has 7 nitrogen and oxygen atoms in total. The summed E-state index contributed by atoms with van der Waals surface area (Å²) in [4.78, 5) is 8.08. The van der Waals surface area contributed by atoms with E-state index in [-0.39, 0.29) is 11.5 Å². The highest BCUT2D eigenvalue weighted by atomic mass is 32.2. The summed E-state index contributed by atoms with van der Waals surface area (Å²) in [5.41, 5.74) is 8.83. The Morgan fingerprint density at radius 2 is 1.77 bits per heavy atom. The van der Waals surface area contributed by atoms with E-state index in [2.05, 4.69) is 16.1 Å².